The van der Waals surface area contributed by atoms with Gasteiger partial charge in [-0.3, -0.25) is 4.79 Å². The molecule has 0 saturated carbocycles. The predicted octanol–water partition coefficient (Wildman–Crippen LogP) is 11.7. The number of unbranched alkanes of at least 4 members (excludes halogenated alkanes) is 24. The fourth-order valence-electron chi connectivity index (χ4n) is 5.93. The van der Waals surface area contributed by atoms with E-state index in [1.165, 1.54) is 135 Å². The smallest absolute Gasteiger partial charge is 0.220 e. The standard InChI is InChI=1S/C40H77NO3/c1-3-5-7-9-11-13-15-17-18-19-20-21-22-24-25-27-29-31-33-35-39(43)38(37-42)41-40(44)36-34-32-30-28-26-23-16-14-12-10-8-6-4-2/h8,10,14,16,38-39,42-43H,3-7,9,11-13,15,17-37H2,1-2H3,(H,41,44)/b10-8-,16-14-. The molecule has 0 aromatic carbocycles. The zero-order valence-corrected chi connectivity index (χ0v) is 29.7. The second-order valence-electron chi connectivity index (χ2n) is 13.4. The molecule has 4 nitrogen and oxygen atoms in total. The van der Waals surface area contributed by atoms with Gasteiger partial charge in [0, 0.05) is 6.42 Å². The van der Waals surface area contributed by atoms with Crippen molar-refractivity contribution in [1.29, 1.82) is 0 Å². The Morgan fingerprint density at radius 2 is 0.977 bits per heavy atom. The number of hydrogen-bond acceptors (Lipinski definition) is 3. The normalized spacial score (nSPS) is 13.3. The van der Waals surface area contributed by atoms with E-state index in [1.54, 1.807) is 0 Å². The molecule has 2 atom stereocenters. The lowest BCUT2D eigenvalue weighted by Gasteiger charge is -2.22. The molecule has 260 valence electrons. The second-order valence-corrected chi connectivity index (χ2v) is 13.4. The molecule has 0 bridgehead atoms. The van der Waals surface area contributed by atoms with Gasteiger partial charge < -0.3 is 15.5 Å². The zero-order chi connectivity index (χ0) is 32.2. The molecule has 2 unspecified atom stereocenters. The Morgan fingerprint density at radius 1 is 0.545 bits per heavy atom. The van der Waals surface area contributed by atoms with Gasteiger partial charge in [-0.15, -0.1) is 0 Å². The van der Waals surface area contributed by atoms with Crippen molar-refractivity contribution in [3.05, 3.63) is 24.3 Å². The van der Waals surface area contributed by atoms with E-state index in [-0.39, 0.29) is 12.5 Å². The van der Waals surface area contributed by atoms with E-state index >= 15 is 0 Å². The summed E-state index contributed by atoms with van der Waals surface area (Å²) in [4.78, 5) is 12.3. The van der Waals surface area contributed by atoms with Crippen LogP contribution in [-0.4, -0.2) is 34.9 Å². The van der Waals surface area contributed by atoms with Gasteiger partial charge in [-0.1, -0.05) is 186 Å². The van der Waals surface area contributed by atoms with Crippen LogP contribution >= 0.6 is 0 Å². The molecule has 4 heteroatoms. The number of carbonyl (C=O) groups excluding carboxylic acids is 1. The Labute approximate surface area is 275 Å². The first-order valence-electron chi connectivity index (χ1n) is 19.5. The van der Waals surface area contributed by atoms with Gasteiger partial charge in [-0.05, 0) is 38.5 Å². The molecule has 0 aromatic rings. The molecule has 0 heterocycles. The van der Waals surface area contributed by atoms with Gasteiger partial charge in [0.15, 0.2) is 0 Å². The third-order valence-electron chi connectivity index (χ3n) is 8.95. The Kier molecular flexibility index (Phi) is 35.4. The van der Waals surface area contributed by atoms with E-state index in [4.69, 9.17) is 0 Å². The second kappa shape index (κ2) is 36.3. The van der Waals surface area contributed by atoms with Crippen LogP contribution in [0.5, 0.6) is 0 Å². The lowest BCUT2D eigenvalue weighted by molar-refractivity contribution is -0.123. The number of nitrogens with one attached hydrogen (secondary N) is 1. The molecule has 0 radical (unpaired) electrons. The molecule has 0 spiro atoms. The summed E-state index contributed by atoms with van der Waals surface area (Å²) in [5, 5.41) is 23.1. The quantitative estimate of drug-likeness (QED) is 0.0488. The van der Waals surface area contributed by atoms with Gasteiger partial charge in [0.1, 0.15) is 0 Å². The highest BCUT2D eigenvalue weighted by atomic mass is 16.3. The Morgan fingerprint density at radius 3 is 1.45 bits per heavy atom. The summed E-state index contributed by atoms with van der Waals surface area (Å²) in [5.41, 5.74) is 0. The first kappa shape index (κ1) is 42.9. The molecule has 0 saturated heterocycles. The maximum Gasteiger partial charge on any atom is 0.220 e. The highest BCUT2D eigenvalue weighted by molar-refractivity contribution is 5.76. The fourth-order valence-corrected chi connectivity index (χ4v) is 5.93. The molecular formula is C40H77NO3. The van der Waals surface area contributed by atoms with E-state index in [0.717, 1.165) is 44.9 Å². The number of allylic oxidation sites excluding steroid dienone is 4. The zero-order valence-electron chi connectivity index (χ0n) is 29.7. The molecule has 0 aromatic heterocycles. The van der Waals surface area contributed by atoms with Crippen LogP contribution in [-0.2, 0) is 4.79 Å². The molecule has 0 aliphatic heterocycles. The molecule has 1 amide bonds. The van der Waals surface area contributed by atoms with Crippen LogP contribution in [0.3, 0.4) is 0 Å². The molecule has 0 aliphatic carbocycles. The number of hydrogen-bond donors (Lipinski definition) is 3. The molecule has 44 heavy (non-hydrogen) atoms. The van der Waals surface area contributed by atoms with Crippen molar-refractivity contribution in [2.75, 3.05) is 6.61 Å². The highest BCUT2D eigenvalue weighted by Crippen LogP contribution is 2.16. The van der Waals surface area contributed by atoms with E-state index in [1.807, 2.05) is 0 Å². The van der Waals surface area contributed by atoms with Gasteiger partial charge in [0.2, 0.25) is 5.91 Å². The van der Waals surface area contributed by atoms with Crippen LogP contribution in [0.1, 0.15) is 206 Å². The Bertz CT molecular complexity index is 632. The average molecular weight is 620 g/mol. The molecular weight excluding hydrogens is 542 g/mol. The maximum atomic E-state index is 12.3. The lowest BCUT2D eigenvalue weighted by Crippen LogP contribution is -2.45. The van der Waals surface area contributed by atoms with Gasteiger partial charge in [0.25, 0.3) is 0 Å². The summed E-state index contributed by atoms with van der Waals surface area (Å²) >= 11 is 0. The first-order valence-corrected chi connectivity index (χ1v) is 19.5. The van der Waals surface area contributed by atoms with Crippen LogP contribution < -0.4 is 5.32 Å². The van der Waals surface area contributed by atoms with E-state index in [2.05, 4.69) is 43.5 Å². The number of aliphatic hydroxyl groups is 2. The van der Waals surface area contributed by atoms with Gasteiger partial charge in [-0.25, -0.2) is 0 Å². The minimum absolute atomic E-state index is 0.0460. The van der Waals surface area contributed by atoms with E-state index in [0.29, 0.717) is 12.8 Å². The summed E-state index contributed by atoms with van der Waals surface area (Å²) in [7, 11) is 0. The highest BCUT2D eigenvalue weighted by Gasteiger charge is 2.19. The largest absolute Gasteiger partial charge is 0.394 e. The topological polar surface area (TPSA) is 69.6 Å². The lowest BCUT2D eigenvalue weighted by atomic mass is 10.0. The number of rotatable bonds is 35. The van der Waals surface area contributed by atoms with Crippen LogP contribution in [0.25, 0.3) is 0 Å². The SMILES string of the molecule is CCC/C=C\C/C=C\CCCCCCCC(=O)NC(CO)C(O)CCCCCCCCCCCCCCCCCCCCC. The number of carbonyl (C=O) groups is 1. The van der Waals surface area contributed by atoms with E-state index < -0.39 is 12.1 Å². The first-order chi connectivity index (χ1) is 21.7. The van der Waals surface area contributed by atoms with Gasteiger partial charge in [0.05, 0.1) is 18.8 Å². The molecule has 0 rings (SSSR count). The molecule has 0 aliphatic rings. The summed E-state index contributed by atoms with van der Waals surface area (Å²) in [6.45, 7) is 4.29. The van der Waals surface area contributed by atoms with Crippen molar-refractivity contribution < 1.29 is 15.0 Å². The molecule has 3 N–H and O–H groups in total. The third kappa shape index (κ3) is 32.3. The van der Waals surface area contributed by atoms with E-state index in [9.17, 15) is 15.0 Å². The monoisotopic (exact) mass is 620 g/mol. The predicted molar refractivity (Wildman–Crippen MR) is 193 cm³/mol. The van der Waals surface area contributed by atoms with Crippen molar-refractivity contribution in [2.45, 2.75) is 219 Å². The van der Waals surface area contributed by atoms with Crippen molar-refractivity contribution >= 4 is 5.91 Å². The average Bonchev–Trinajstić information content (AvgIpc) is 3.03. The molecule has 0 fully saturated rings. The minimum atomic E-state index is -0.662. The fraction of sp³-hybridized carbons (Fsp3) is 0.875. The summed E-state index contributed by atoms with van der Waals surface area (Å²) in [5.74, 6) is -0.0460. The number of aliphatic hydroxyl groups excluding tert-OH is 2. The van der Waals surface area contributed by atoms with Crippen molar-refractivity contribution in [2.24, 2.45) is 0 Å². The summed E-state index contributed by atoms with van der Waals surface area (Å²) in [6, 6.07) is -0.540. The summed E-state index contributed by atoms with van der Waals surface area (Å²) in [6.07, 6.45) is 45.2. The van der Waals surface area contributed by atoms with Crippen LogP contribution in [0.4, 0.5) is 0 Å². The Balaban J connectivity index is 3.53. The van der Waals surface area contributed by atoms with Crippen molar-refractivity contribution in [1.82, 2.24) is 5.32 Å². The van der Waals surface area contributed by atoms with Crippen molar-refractivity contribution in [3.63, 3.8) is 0 Å². The Hall–Kier alpha value is -1.13. The maximum absolute atomic E-state index is 12.3. The minimum Gasteiger partial charge on any atom is -0.394 e. The van der Waals surface area contributed by atoms with Crippen molar-refractivity contribution in [3.8, 4) is 0 Å². The third-order valence-corrected chi connectivity index (χ3v) is 8.95. The van der Waals surface area contributed by atoms with Gasteiger partial charge in [-0.2, -0.15) is 0 Å². The van der Waals surface area contributed by atoms with Crippen LogP contribution in [0, 0.1) is 0 Å². The van der Waals surface area contributed by atoms with Crippen LogP contribution in [0.2, 0.25) is 0 Å². The number of amides is 1. The van der Waals surface area contributed by atoms with Gasteiger partial charge >= 0.3 is 0 Å². The van der Waals surface area contributed by atoms with Crippen LogP contribution in [0.15, 0.2) is 24.3 Å². The summed E-state index contributed by atoms with van der Waals surface area (Å²) < 4.78 is 0.